The minimum absolute atomic E-state index is 0.188. The van der Waals surface area contributed by atoms with Gasteiger partial charge in [0.2, 0.25) is 0 Å². The third kappa shape index (κ3) is 3.74. The predicted molar refractivity (Wildman–Crippen MR) is 72.5 cm³/mol. The maximum absolute atomic E-state index is 13.1. The van der Waals surface area contributed by atoms with Crippen molar-refractivity contribution in [3.8, 4) is 0 Å². The Morgan fingerprint density at radius 1 is 1.59 bits per heavy atom. The zero-order valence-corrected chi connectivity index (χ0v) is 11.6. The third-order valence-electron chi connectivity index (χ3n) is 2.17. The van der Waals surface area contributed by atoms with E-state index in [2.05, 4.69) is 15.9 Å². The summed E-state index contributed by atoms with van der Waals surface area (Å²) in [6.07, 6.45) is 0. The number of hydrogen-bond donors (Lipinski definition) is 1. The molecule has 0 spiro atoms. The van der Waals surface area contributed by atoms with Crippen LogP contribution in [0.25, 0.3) is 0 Å². The van der Waals surface area contributed by atoms with Gasteiger partial charge in [0, 0.05) is 11.0 Å². The summed E-state index contributed by atoms with van der Waals surface area (Å²) in [4.78, 5) is 13.8. The Morgan fingerprint density at radius 2 is 2.24 bits per heavy atom. The van der Waals surface area contributed by atoms with E-state index in [1.807, 2.05) is 6.92 Å². The summed E-state index contributed by atoms with van der Waals surface area (Å²) in [5.41, 5.74) is 5.67. The van der Waals surface area contributed by atoms with Crippen LogP contribution >= 0.6 is 28.1 Å². The fourth-order valence-electron chi connectivity index (χ4n) is 1.35. The molecule has 3 nitrogen and oxygen atoms in total. The van der Waals surface area contributed by atoms with E-state index in [0.717, 1.165) is 0 Å². The van der Waals surface area contributed by atoms with Crippen molar-refractivity contribution < 1.29 is 9.18 Å². The molecule has 0 fully saturated rings. The number of rotatable bonds is 4. The molecule has 0 aliphatic carbocycles. The first-order valence-corrected chi connectivity index (χ1v) is 6.18. The van der Waals surface area contributed by atoms with Crippen molar-refractivity contribution in [3.63, 3.8) is 0 Å². The maximum atomic E-state index is 13.1. The molecule has 0 saturated carbocycles. The largest absolute Gasteiger partial charge is 0.392 e. The van der Waals surface area contributed by atoms with Crippen LogP contribution < -0.4 is 5.73 Å². The predicted octanol–water partition coefficient (Wildman–Crippen LogP) is 2.34. The van der Waals surface area contributed by atoms with Crippen LogP contribution in [-0.2, 0) is 0 Å². The van der Waals surface area contributed by atoms with Crippen LogP contribution in [0.2, 0.25) is 0 Å². The van der Waals surface area contributed by atoms with E-state index in [-0.39, 0.29) is 23.0 Å². The van der Waals surface area contributed by atoms with Gasteiger partial charge in [-0.05, 0) is 41.1 Å². The van der Waals surface area contributed by atoms with Crippen LogP contribution in [0.4, 0.5) is 4.39 Å². The molecule has 92 valence electrons. The molecule has 1 rings (SSSR count). The molecule has 0 aliphatic rings. The lowest BCUT2D eigenvalue weighted by Crippen LogP contribution is -2.37. The minimum atomic E-state index is -0.456. The van der Waals surface area contributed by atoms with Gasteiger partial charge < -0.3 is 10.6 Å². The zero-order valence-electron chi connectivity index (χ0n) is 9.24. The number of thiocarbonyl (C=S) groups is 1. The van der Waals surface area contributed by atoms with Gasteiger partial charge >= 0.3 is 0 Å². The molecule has 0 saturated heterocycles. The third-order valence-corrected chi connectivity index (χ3v) is 3.00. The van der Waals surface area contributed by atoms with Gasteiger partial charge in [0.25, 0.3) is 5.91 Å². The highest BCUT2D eigenvalue weighted by Gasteiger charge is 2.18. The van der Waals surface area contributed by atoms with Crippen LogP contribution in [-0.4, -0.2) is 28.9 Å². The van der Waals surface area contributed by atoms with Crippen LogP contribution in [0.15, 0.2) is 22.7 Å². The molecule has 0 aromatic heterocycles. The number of hydrogen-bond acceptors (Lipinski definition) is 2. The Bertz CT molecular complexity index is 453. The fourth-order valence-corrected chi connectivity index (χ4v) is 1.92. The minimum Gasteiger partial charge on any atom is -0.392 e. The molecule has 1 aromatic carbocycles. The lowest BCUT2D eigenvalue weighted by Gasteiger charge is -2.20. The second-order valence-electron chi connectivity index (χ2n) is 3.41. The molecule has 0 bridgehead atoms. The zero-order chi connectivity index (χ0) is 13.0. The average molecular weight is 319 g/mol. The quantitative estimate of drug-likeness (QED) is 0.867. The van der Waals surface area contributed by atoms with Gasteiger partial charge in [-0.25, -0.2) is 4.39 Å². The summed E-state index contributed by atoms with van der Waals surface area (Å²) >= 11 is 7.98. The molecule has 17 heavy (non-hydrogen) atoms. The summed E-state index contributed by atoms with van der Waals surface area (Å²) in [6, 6.07) is 3.97. The van der Waals surface area contributed by atoms with Gasteiger partial charge in [-0.2, -0.15) is 0 Å². The van der Waals surface area contributed by atoms with Crippen molar-refractivity contribution in [1.82, 2.24) is 4.90 Å². The fraction of sp³-hybridized carbons (Fsp3) is 0.273. The maximum Gasteiger partial charge on any atom is 0.255 e. The van der Waals surface area contributed by atoms with E-state index in [1.54, 1.807) is 0 Å². The van der Waals surface area contributed by atoms with Crippen molar-refractivity contribution in [2.45, 2.75) is 6.92 Å². The number of amides is 1. The lowest BCUT2D eigenvalue weighted by atomic mass is 10.2. The molecule has 0 aliphatic heterocycles. The molecule has 6 heteroatoms. The Hall–Kier alpha value is -1.01. The highest BCUT2D eigenvalue weighted by atomic mass is 79.9. The second kappa shape index (κ2) is 6.07. The van der Waals surface area contributed by atoms with Crippen molar-refractivity contribution >= 4 is 39.0 Å². The summed E-state index contributed by atoms with van der Waals surface area (Å²) in [5.74, 6) is -0.755. The first-order chi connectivity index (χ1) is 7.95. The van der Waals surface area contributed by atoms with E-state index >= 15 is 0 Å². The van der Waals surface area contributed by atoms with Crippen molar-refractivity contribution in [1.29, 1.82) is 0 Å². The average Bonchev–Trinajstić information content (AvgIpc) is 2.28. The first-order valence-electron chi connectivity index (χ1n) is 4.98. The molecule has 0 radical (unpaired) electrons. The number of nitrogens with zero attached hydrogens (tertiary/aromatic N) is 1. The summed E-state index contributed by atoms with van der Waals surface area (Å²) < 4.78 is 13.6. The summed E-state index contributed by atoms with van der Waals surface area (Å²) in [7, 11) is 0. The number of carbonyl (C=O) groups excluding carboxylic acids is 1. The number of carbonyl (C=O) groups is 1. The SMILES string of the molecule is CCN(CC(N)=S)C(=O)c1cc(F)ccc1Br. The topological polar surface area (TPSA) is 46.3 Å². The van der Waals surface area contributed by atoms with E-state index in [9.17, 15) is 9.18 Å². The Labute approximate surface area is 113 Å². The second-order valence-corrected chi connectivity index (χ2v) is 4.79. The highest BCUT2D eigenvalue weighted by molar-refractivity contribution is 9.10. The number of likely N-dealkylation sites (N-methyl/N-ethyl adjacent to an activating group) is 1. The summed E-state index contributed by atoms with van der Waals surface area (Å²) in [5, 5.41) is 0. The molecule has 0 heterocycles. The summed E-state index contributed by atoms with van der Waals surface area (Å²) in [6.45, 7) is 2.45. The molecule has 0 unspecified atom stereocenters. The smallest absolute Gasteiger partial charge is 0.255 e. The lowest BCUT2D eigenvalue weighted by molar-refractivity contribution is 0.0786. The Kier molecular flexibility index (Phi) is 5.02. The van der Waals surface area contributed by atoms with Crippen LogP contribution in [0.1, 0.15) is 17.3 Å². The van der Waals surface area contributed by atoms with Gasteiger partial charge in [-0.15, -0.1) is 0 Å². The van der Waals surface area contributed by atoms with Gasteiger partial charge in [-0.1, -0.05) is 12.2 Å². The molecule has 1 aromatic rings. The first kappa shape index (κ1) is 14.1. The number of halogens is 2. The van der Waals surface area contributed by atoms with E-state index < -0.39 is 5.82 Å². The van der Waals surface area contributed by atoms with Gasteiger partial charge in [-0.3, -0.25) is 4.79 Å². The molecule has 0 atom stereocenters. The van der Waals surface area contributed by atoms with Gasteiger partial charge in [0.15, 0.2) is 0 Å². The standard InChI is InChI=1S/C11H12BrFN2OS/c1-2-15(6-10(14)17)11(16)8-5-7(13)3-4-9(8)12/h3-5H,2,6H2,1H3,(H2,14,17). The van der Waals surface area contributed by atoms with Gasteiger partial charge in [0.05, 0.1) is 17.1 Å². The van der Waals surface area contributed by atoms with Crippen molar-refractivity contribution in [2.75, 3.05) is 13.1 Å². The van der Waals surface area contributed by atoms with E-state index in [0.29, 0.717) is 11.0 Å². The number of benzene rings is 1. The van der Waals surface area contributed by atoms with Crippen LogP contribution in [0.3, 0.4) is 0 Å². The van der Waals surface area contributed by atoms with Gasteiger partial charge in [0.1, 0.15) is 5.82 Å². The van der Waals surface area contributed by atoms with Crippen molar-refractivity contribution in [3.05, 3.63) is 34.1 Å². The molecular formula is C11H12BrFN2OS. The number of nitrogens with two attached hydrogens (primary N) is 1. The molecule has 2 N–H and O–H groups in total. The molecule has 1 amide bonds. The monoisotopic (exact) mass is 318 g/mol. The van der Waals surface area contributed by atoms with Crippen LogP contribution in [0, 0.1) is 5.82 Å². The van der Waals surface area contributed by atoms with Crippen LogP contribution in [0.5, 0.6) is 0 Å². The highest BCUT2D eigenvalue weighted by Crippen LogP contribution is 2.19. The normalized spacial score (nSPS) is 10.1. The Morgan fingerprint density at radius 3 is 2.76 bits per heavy atom. The molecular weight excluding hydrogens is 307 g/mol. The Balaban J connectivity index is 3.01. The van der Waals surface area contributed by atoms with Crippen molar-refractivity contribution in [2.24, 2.45) is 5.73 Å². The van der Waals surface area contributed by atoms with E-state index in [1.165, 1.54) is 23.1 Å². The van der Waals surface area contributed by atoms with E-state index in [4.69, 9.17) is 18.0 Å².